The summed E-state index contributed by atoms with van der Waals surface area (Å²) in [6.45, 7) is 4.81. The minimum atomic E-state index is -3.36. The maximum Gasteiger partial charge on any atom is 0.234 e. The van der Waals surface area contributed by atoms with E-state index in [4.69, 9.17) is 20.1 Å². The fourth-order valence-corrected chi connectivity index (χ4v) is 5.10. The summed E-state index contributed by atoms with van der Waals surface area (Å²) < 4.78 is 37.8. The van der Waals surface area contributed by atoms with Gasteiger partial charge in [0.2, 0.25) is 10.0 Å². The van der Waals surface area contributed by atoms with Gasteiger partial charge in [-0.2, -0.15) is 0 Å². The first-order chi connectivity index (χ1) is 17.3. The van der Waals surface area contributed by atoms with Gasteiger partial charge in [0.15, 0.2) is 5.13 Å². The molecule has 0 spiro atoms. The molecule has 0 amide bonds. The Kier molecular flexibility index (Phi) is 10.1. The Morgan fingerprint density at radius 3 is 2.08 bits per heavy atom. The van der Waals surface area contributed by atoms with Gasteiger partial charge in [0.25, 0.3) is 0 Å². The van der Waals surface area contributed by atoms with Crippen LogP contribution in [0.25, 0.3) is 11.3 Å². The van der Waals surface area contributed by atoms with E-state index in [1.165, 1.54) is 11.3 Å². The summed E-state index contributed by atoms with van der Waals surface area (Å²) in [5, 5.41) is 16.7. The lowest BCUT2D eigenvalue weighted by Gasteiger charge is -2.09. The number of hydrogen-bond acceptors (Lipinski definition) is 8. The summed E-state index contributed by atoms with van der Waals surface area (Å²) in [5.41, 5.74) is 4.11. The number of aryl methyl sites for hydroxylation is 1. The molecule has 3 aromatic rings. The Balaban J connectivity index is 1.40. The van der Waals surface area contributed by atoms with Crippen LogP contribution in [0.1, 0.15) is 43.6 Å². The van der Waals surface area contributed by atoms with Crippen LogP contribution in [-0.2, 0) is 16.4 Å². The Bertz CT molecular complexity index is 1230. The molecule has 0 unspecified atom stereocenters. The minimum Gasteiger partial charge on any atom is -0.494 e. The molecule has 2 aromatic carbocycles. The van der Waals surface area contributed by atoms with Gasteiger partial charge in [-0.1, -0.05) is 6.92 Å². The Morgan fingerprint density at radius 2 is 1.56 bits per heavy atom. The van der Waals surface area contributed by atoms with E-state index in [-0.39, 0.29) is 11.6 Å². The van der Waals surface area contributed by atoms with Gasteiger partial charge in [-0.05, 0) is 81.1 Å². The predicted molar refractivity (Wildman–Crippen MR) is 143 cm³/mol. The number of ether oxygens (including phenoxy) is 2. The molecule has 4 N–H and O–H groups in total. The lowest BCUT2D eigenvalue weighted by atomic mass is 10.1. The SMILES string of the molecule is CCc1sc(NS(=O)(=O)CC)nc1-c1ccc(OCCCCCOc2ccc(C(=N)NO)cc2)cc1. The number of anilines is 1. The monoisotopic (exact) mass is 532 g/mol. The molecule has 0 bridgehead atoms. The molecule has 1 aromatic heterocycles. The highest BCUT2D eigenvalue weighted by Gasteiger charge is 2.15. The smallest absolute Gasteiger partial charge is 0.234 e. The Hall–Kier alpha value is -3.15. The molecule has 0 aliphatic carbocycles. The molecule has 0 aliphatic heterocycles. The van der Waals surface area contributed by atoms with Crippen molar-refractivity contribution in [2.45, 2.75) is 39.5 Å². The Labute approximate surface area is 216 Å². The third kappa shape index (κ3) is 7.94. The molecule has 0 aliphatic rings. The van der Waals surface area contributed by atoms with Gasteiger partial charge in [-0.25, -0.2) is 13.4 Å². The highest BCUT2D eigenvalue weighted by Crippen LogP contribution is 2.33. The second kappa shape index (κ2) is 13.2. The predicted octanol–water partition coefficient (Wildman–Crippen LogP) is 5.07. The lowest BCUT2D eigenvalue weighted by Crippen LogP contribution is -2.18. The third-order valence-electron chi connectivity index (χ3n) is 5.35. The van der Waals surface area contributed by atoms with Crippen LogP contribution < -0.4 is 19.7 Å². The van der Waals surface area contributed by atoms with Gasteiger partial charge >= 0.3 is 0 Å². The molecule has 1 heterocycles. The van der Waals surface area contributed by atoms with Crippen LogP contribution >= 0.6 is 11.3 Å². The van der Waals surface area contributed by atoms with Gasteiger partial charge < -0.3 is 9.47 Å². The van der Waals surface area contributed by atoms with Gasteiger partial charge in [-0.3, -0.25) is 20.8 Å². The van der Waals surface area contributed by atoms with E-state index in [2.05, 4.69) is 9.71 Å². The second-order valence-electron chi connectivity index (χ2n) is 7.94. The molecule has 194 valence electrons. The maximum absolute atomic E-state index is 11.9. The van der Waals surface area contributed by atoms with Crippen LogP contribution in [0.3, 0.4) is 0 Å². The molecular weight excluding hydrogens is 500 g/mol. The molecule has 3 rings (SSSR count). The lowest BCUT2D eigenvalue weighted by molar-refractivity contribution is 0.234. The highest BCUT2D eigenvalue weighted by atomic mass is 32.2. The number of rotatable bonds is 14. The quantitative estimate of drug-likeness (QED) is 0.0986. The molecule has 0 fully saturated rings. The van der Waals surface area contributed by atoms with Crippen LogP contribution in [-0.4, -0.2) is 43.4 Å². The minimum absolute atomic E-state index is 0.00736. The number of unbranched alkanes of at least 4 members (excludes halogenated alkanes) is 2. The van der Waals surface area contributed by atoms with Crippen molar-refractivity contribution in [3.63, 3.8) is 0 Å². The number of nitrogens with zero attached hydrogens (tertiary/aromatic N) is 1. The van der Waals surface area contributed by atoms with Gasteiger partial charge in [0.1, 0.15) is 17.3 Å². The number of thiazole rings is 1. The molecular formula is C25H32N4O5S2. The highest BCUT2D eigenvalue weighted by molar-refractivity contribution is 7.92. The summed E-state index contributed by atoms with van der Waals surface area (Å²) in [7, 11) is -3.36. The van der Waals surface area contributed by atoms with E-state index in [1.807, 2.05) is 36.7 Å². The van der Waals surface area contributed by atoms with Crippen LogP contribution in [0.5, 0.6) is 11.5 Å². The van der Waals surface area contributed by atoms with E-state index in [1.54, 1.807) is 31.2 Å². The van der Waals surface area contributed by atoms with Crippen molar-refractivity contribution in [2.75, 3.05) is 23.7 Å². The summed E-state index contributed by atoms with van der Waals surface area (Å²) in [6, 6.07) is 14.7. The van der Waals surface area contributed by atoms with Gasteiger partial charge in [0, 0.05) is 16.0 Å². The molecule has 0 atom stereocenters. The zero-order chi connectivity index (χ0) is 26.0. The first kappa shape index (κ1) is 27.4. The van der Waals surface area contributed by atoms with Crippen molar-refractivity contribution >= 4 is 32.3 Å². The molecule has 36 heavy (non-hydrogen) atoms. The summed E-state index contributed by atoms with van der Waals surface area (Å²) in [5.74, 6) is 1.45. The second-order valence-corrected chi connectivity index (χ2v) is 11.0. The van der Waals surface area contributed by atoms with Gasteiger partial charge in [-0.15, -0.1) is 11.3 Å². The number of hydroxylamine groups is 1. The number of amidine groups is 1. The van der Waals surface area contributed by atoms with Crippen LogP contribution in [0, 0.1) is 5.41 Å². The van der Waals surface area contributed by atoms with Crippen molar-refractivity contribution in [1.29, 1.82) is 5.41 Å². The van der Waals surface area contributed by atoms with E-state index in [9.17, 15) is 8.42 Å². The fraction of sp³-hybridized carbons (Fsp3) is 0.360. The first-order valence-corrected chi connectivity index (χ1v) is 14.3. The summed E-state index contributed by atoms with van der Waals surface area (Å²) in [6.07, 6.45) is 3.52. The first-order valence-electron chi connectivity index (χ1n) is 11.8. The van der Waals surface area contributed by atoms with Crippen molar-refractivity contribution in [1.82, 2.24) is 10.5 Å². The number of nitrogens with one attached hydrogen (secondary N) is 3. The molecule has 0 radical (unpaired) electrons. The van der Waals surface area contributed by atoms with Crippen LogP contribution in [0.2, 0.25) is 0 Å². The van der Waals surface area contributed by atoms with Crippen molar-refractivity contribution in [3.8, 4) is 22.8 Å². The van der Waals surface area contributed by atoms with Crippen LogP contribution in [0.15, 0.2) is 48.5 Å². The zero-order valence-corrected chi connectivity index (χ0v) is 22.0. The maximum atomic E-state index is 11.9. The average Bonchev–Trinajstić information content (AvgIpc) is 3.30. The van der Waals surface area contributed by atoms with E-state index in [0.717, 1.165) is 53.3 Å². The normalized spacial score (nSPS) is 11.2. The number of hydrogen-bond donors (Lipinski definition) is 4. The molecule has 11 heteroatoms. The number of sulfonamides is 1. The molecule has 0 saturated heterocycles. The zero-order valence-electron chi connectivity index (χ0n) is 20.4. The molecule has 0 saturated carbocycles. The average molecular weight is 533 g/mol. The van der Waals surface area contributed by atoms with E-state index in [0.29, 0.717) is 23.9 Å². The van der Waals surface area contributed by atoms with Gasteiger partial charge in [0.05, 0.1) is 24.7 Å². The Morgan fingerprint density at radius 1 is 0.972 bits per heavy atom. The van der Waals surface area contributed by atoms with Crippen LogP contribution in [0.4, 0.5) is 5.13 Å². The number of benzene rings is 2. The summed E-state index contributed by atoms with van der Waals surface area (Å²) in [4.78, 5) is 5.53. The van der Waals surface area contributed by atoms with Crippen molar-refractivity contribution < 1.29 is 23.1 Å². The largest absolute Gasteiger partial charge is 0.494 e. The van der Waals surface area contributed by atoms with E-state index < -0.39 is 10.0 Å². The number of aromatic nitrogens is 1. The topological polar surface area (TPSA) is 134 Å². The fourth-order valence-electron chi connectivity index (χ4n) is 3.32. The molecule has 9 nitrogen and oxygen atoms in total. The van der Waals surface area contributed by atoms with E-state index >= 15 is 0 Å². The van der Waals surface area contributed by atoms with Crippen molar-refractivity contribution in [2.24, 2.45) is 0 Å². The van der Waals surface area contributed by atoms with Crippen molar-refractivity contribution in [3.05, 3.63) is 59.0 Å². The standard InChI is InChI=1S/C25H32N4O5S2/c1-3-22-23(27-25(35-22)29-36(31,32)4-2)18-8-12-20(13-9-18)33-16-6-5-7-17-34-21-14-10-19(11-15-21)24(26)28-30/h8-15,30H,3-7,16-17H2,1-2H3,(H2,26,28)(H,27,29). The third-order valence-corrected chi connectivity index (χ3v) is 7.86. The summed E-state index contributed by atoms with van der Waals surface area (Å²) >= 11 is 1.36.